The molecule has 1 heterocycles. The first-order valence-corrected chi connectivity index (χ1v) is 9.70. The maximum atomic E-state index is 12.7. The predicted molar refractivity (Wildman–Crippen MR) is 110 cm³/mol. The molecule has 0 aromatic heterocycles. The Bertz CT molecular complexity index is 754. The molecule has 28 heavy (non-hydrogen) atoms. The van der Waals surface area contributed by atoms with Crippen LogP contribution in [0.1, 0.15) is 5.56 Å². The molecule has 1 aliphatic rings. The Balaban J connectivity index is 1.46. The molecule has 0 saturated carbocycles. The number of methoxy groups -OCH3 is 2. The molecular weight excluding hydrogens is 354 g/mol. The Hall–Kier alpha value is -2.73. The first-order chi connectivity index (χ1) is 13.6. The second-order valence-corrected chi connectivity index (χ2v) is 7.22. The molecule has 3 rings (SSSR count). The lowest BCUT2D eigenvalue weighted by Crippen LogP contribution is -3.09. The van der Waals surface area contributed by atoms with E-state index in [1.807, 2.05) is 29.2 Å². The van der Waals surface area contributed by atoms with Gasteiger partial charge in [-0.2, -0.15) is 0 Å². The van der Waals surface area contributed by atoms with Gasteiger partial charge >= 0.3 is 0 Å². The zero-order chi connectivity index (χ0) is 19.9. The Morgan fingerprint density at radius 2 is 1.43 bits per heavy atom. The maximum Gasteiger partial charge on any atom is 0.277 e. The highest BCUT2D eigenvalue weighted by atomic mass is 16.5. The van der Waals surface area contributed by atoms with Crippen LogP contribution in [0.4, 0.5) is 5.69 Å². The molecule has 1 unspecified atom stereocenters. The number of carbonyl (C=O) groups excluding carboxylic acids is 1. The van der Waals surface area contributed by atoms with Crippen molar-refractivity contribution < 1.29 is 19.2 Å². The minimum atomic E-state index is 0.223. The molecular formula is C22H30N3O3+. The number of rotatable bonds is 7. The Labute approximate surface area is 167 Å². The average Bonchev–Trinajstić information content (AvgIpc) is 2.74. The summed E-state index contributed by atoms with van der Waals surface area (Å²) in [7, 11) is 5.40. The summed E-state index contributed by atoms with van der Waals surface area (Å²) in [6.45, 7) is 4.57. The van der Waals surface area contributed by atoms with Crippen LogP contribution in [0.2, 0.25) is 0 Å². The average molecular weight is 385 g/mol. The summed E-state index contributed by atoms with van der Waals surface area (Å²) < 4.78 is 10.4. The molecule has 6 nitrogen and oxygen atoms in total. The highest BCUT2D eigenvalue weighted by Crippen LogP contribution is 2.20. The molecule has 2 aromatic rings. The van der Waals surface area contributed by atoms with Gasteiger partial charge in [0.1, 0.15) is 18.0 Å². The van der Waals surface area contributed by atoms with Gasteiger partial charge in [-0.05, 0) is 48.5 Å². The number of anilines is 1. The van der Waals surface area contributed by atoms with Gasteiger partial charge < -0.3 is 24.2 Å². The quantitative estimate of drug-likeness (QED) is 0.776. The van der Waals surface area contributed by atoms with Gasteiger partial charge in [0.25, 0.3) is 5.91 Å². The number of quaternary nitrogens is 1. The van der Waals surface area contributed by atoms with Crippen molar-refractivity contribution in [2.75, 3.05) is 58.9 Å². The molecule has 1 atom stereocenters. The van der Waals surface area contributed by atoms with E-state index in [0.717, 1.165) is 44.2 Å². The smallest absolute Gasteiger partial charge is 0.277 e. The molecule has 0 aliphatic carbocycles. The molecule has 1 aliphatic heterocycles. The Kier molecular flexibility index (Phi) is 6.76. The first kappa shape index (κ1) is 20.0. The number of piperazine rings is 1. The highest BCUT2D eigenvalue weighted by Gasteiger charge is 2.23. The lowest BCUT2D eigenvalue weighted by molar-refractivity contribution is -0.885. The van der Waals surface area contributed by atoms with Crippen LogP contribution in [0.25, 0.3) is 0 Å². The number of amides is 1. The number of benzene rings is 2. The maximum absolute atomic E-state index is 12.7. The molecule has 6 heteroatoms. The summed E-state index contributed by atoms with van der Waals surface area (Å²) in [5, 5.41) is 0. The zero-order valence-electron chi connectivity index (χ0n) is 17.0. The van der Waals surface area contributed by atoms with Crippen LogP contribution in [0, 0.1) is 0 Å². The van der Waals surface area contributed by atoms with Crippen molar-refractivity contribution in [1.29, 1.82) is 0 Å². The fraction of sp³-hybridized carbons (Fsp3) is 0.409. The van der Waals surface area contributed by atoms with Gasteiger partial charge in [-0.15, -0.1) is 0 Å². The number of nitrogens with one attached hydrogen (secondary N) is 1. The number of nitrogens with zero attached hydrogens (tertiary/aromatic N) is 2. The van der Waals surface area contributed by atoms with E-state index in [2.05, 4.69) is 36.2 Å². The van der Waals surface area contributed by atoms with Gasteiger partial charge in [-0.25, -0.2) is 0 Å². The van der Waals surface area contributed by atoms with Crippen LogP contribution < -0.4 is 19.3 Å². The molecule has 0 radical (unpaired) electrons. The van der Waals surface area contributed by atoms with E-state index in [4.69, 9.17) is 9.47 Å². The second-order valence-electron chi connectivity index (χ2n) is 7.22. The topological polar surface area (TPSA) is 46.5 Å². The minimum Gasteiger partial charge on any atom is -0.497 e. The molecule has 1 N–H and O–H groups in total. The zero-order valence-corrected chi connectivity index (χ0v) is 17.0. The van der Waals surface area contributed by atoms with Crippen molar-refractivity contribution in [3.8, 4) is 11.5 Å². The van der Waals surface area contributed by atoms with E-state index in [1.165, 1.54) is 16.2 Å². The third-order valence-electron chi connectivity index (χ3n) is 5.19. The van der Waals surface area contributed by atoms with Gasteiger partial charge in [0.15, 0.2) is 6.54 Å². The standard InChI is InChI=1S/C22H29N3O3/c1-23(16-18-4-8-20(27-2)9-5-18)17-22(26)25-14-12-24(13-15-25)19-6-10-21(28-3)11-7-19/h4-11H,12-17H2,1-3H3/p+1. The number of carbonyl (C=O) groups is 1. The fourth-order valence-electron chi connectivity index (χ4n) is 3.53. The van der Waals surface area contributed by atoms with Crippen LogP contribution in [0.3, 0.4) is 0 Å². The van der Waals surface area contributed by atoms with Crippen LogP contribution in [0.15, 0.2) is 48.5 Å². The molecule has 0 spiro atoms. The van der Waals surface area contributed by atoms with Crippen LogP contribution >= 0.6 is 0 Å². The lowest BCUT2D eigenvalue weighted by atomic mass is 10.2. The molecule has 1 amide bonds. The largest absolute Gasteiger partial charge is 0.497 e. The Morgan fingerprint density at radius 3 is 1.96 bits per heavy atom. The first-order valence-electron chi connectivity index (χ1n) is 9.70. The third-order valence-corrected chi connectivity index (χ3v) is 5.19. The van der Waals surface area contributed by atoms with E-state index in [-0.39, 0.29) is 5.91 Å². The van der Waals surface area contributed by atoms with Crippen molar-refractivity contribution >= 4 is 11.6 Å². The van der Waals surface area contributed by atoms with Gasteiger partial charge in [0.2, 0.25) is 0 Å². The monoisotopic (exact) mass is 384 g/mol. The van der Waals surface area contributed by atoms with Gasteiger partial charge in [-0.1, -0.05) is 0 Å². The SMILES string of the molecule is COc1ccc(C[NH+](C)CC(=O)N2CCN(c3ccc(OC)cc3)CC2)cc1. The molecule has 150 valence electrons. The Morgan fingerprint density at radius 1 is 0.893 bits per heavy atom. The van der Waals surface area contributed by atoms with Crippen molar-refractivity contribution in [3.63, 3.8) is 0 Å². The molecule has 1 saturated heterocycles. The highest BCUT2D eigenvalue weighted by molar-refractivity contribution is 5.77. The summed E-state index contributed by atoms with van der Waals surface area (Å²) >= 11 is 0. The van der Waals surface area contributed by atoms with Crippen molar-refractivity contribution in [2.24, 2.45) is 0 Å². The number of likely N-dealkylation sites (N-methyl/N-ethyl adjacent to an activating group) is 1. The van der Waals surface area contributed by atoms with E-state index >= 15 is 0 Å². The van der Waals surface area contributed by atoms with Gasteiger partial charge in [0, 0.05) is 37.4 Å². The third kappa shape index (κ3) is 5.16. The van der Waals surface area contributed by atoms with Crippen molar-refractivity contribution in [2.45, 2.75) is 6.54 Å². The van der Waals surface area contributed by atoms with Crippen molar-refractivity contribution in [3.05, 3.63) is 54.1 Å². The predicted octanol–water partition coefficient (Wildman–Crippen LogP) is 1.07. The summed E-state index contributed by atoms with van der Waals surface area (Å²) in [5.74, 6) is 1.94. The molecule has 0 bridgehead atoms. The van der Waals surface area contributed by atoms with E-state index in [9.17, 15) is 4.79 Å². The van der Waals surface area contributed by atoms with Crippen molar-refractivity contribution in [1.82, 2.24) is 4.90 Å². The summed E-state index contributed by atoms with van der Waals surface area (Å²) in [5.41, 5.74) is 2.38. The number of hydrogen-bond donors (Lipinski definition) is 1. The fourth-order valence-corrected chi connectivity index (χ4v) is 3.53. The van der Waals surface area contributed by atoms with E-state index in [0.29, 0.717) is 6.54 Å². The van der Waals surface area contributed by atoms with Gasteiger partial charge in [0.05, 0.1) is 21.3 Å². The molecule has 1 fully saturated rings. The lowest BCUT2D eigenvalue weighted by Gasteiger charge is -2.36. The van der Waals surface area contributed by atoms with E-state index in [1.54, 1.807) is 14.2 Å². The van der Waals surface area contributed by atoms with Crippen LogP contribution in [0.5, 0.6) is 11.5 Å². The molecule has 2 aromatic carbocycles. The van der Waals surface area contributed by atoms with Gasteiger partial charge in [-0.3, -0.25) is 4.79 Å². The summed E-state index contributed by atoms with van der Waals surface area (Å²) in [6, 6.07) is 16.1. The minimum absolute atomic E-state index is 0.223. The summed E-state index contributed by atoms with van der Waals surface area (Å²) in [4.78, 5) is 18.2. The number of hydrogen-bond acceptors (Lipinski definition) is 4. The second kappa shape index (κ2) is 9.46. The van der Waals surface area contributed by atoms with E-state index < -0.39 is 0 Å². The summed E-state index contributed by atoms with van der Waals surface area (Å²) in [6.07, 6.45) is 0. The number of ether oxygens (including phenoxy) is 2. The normalized spacial score (nSPS) is 15.2. The van der Waals surface area contributed by atoms with Crippen LogP contribution in [-0.4, -0.2) is 64.8 Å². The van der Waals surface area contributed by atoms with Crippen LogP contribution in [-0.2, 0) is 11.3 Å².